The fourth-order valence-electron chi connectivity index (χ4n) is 3.33. The van der Waals surface area contributed by atoms with Crippen molar-refractivity contribution in [2.45, 2.75) is 32.0 Å². The first kappa shape index (κ1) is 20.0. The number of rotatable bonds is 7. The summed E-state index contributed by atoms with van der Waals surface area (Å²) in [5, 5.41) is 3.02. The summed E-state index contributed by atoms with van der Waals surface area (Å²) in [7, 11) is 0. The van der Waals surface area contributed by atoms with Gasteiger partial charge in [-0.15, -0.1) is 0 Å². The highest BCUT2D eigenvalue weighted by molar-refractivity contribution is 5.95. The minimum atomic E-state index is -0.569. The van der Waals surface area contributed by atoms with Crippen LogP contribution in [-0.2, 0) is 11.3 Å². The number of pyridine rings is 1. The normalized spacial score (nSPS) is 18.4. The van der Waals surface area contributed by atoms with Crippen LogP contribution >= 0.6 is 0 Å². The lowest BCUT2D eigenvalue weighted by Gasteiger charge is -2.37. The molecule has 0 aliphatic carbocycles. The Bertz CT molecular complexity index is 795. The number of hydrogen-bond donors (Lipinski definition) is 2. The van der Waals surface area contributed by atoms with E-state index in [1.807, 2.05) is 25.1 Å². The molecule has 1 saturated heterocycles. The van der Waals surface area contributed by atoms with Gasteiger partial charge in [-0.2, -0.15) is 0 Å². The van der Waals surface area contributed by atoms with Crippen LogP contribution in [0.2, 0.25) is 0 Å². The molecule has 0 bridgehead atoms. The van der Waals surface area contributed by atoms with Gasteiger partial charge in [0.1, 0.15) is 5.69 Å². The summed E-state index contributed by atoms with van der Waals surface area (Å²) >= 11 is 0. The van der Waals surface area contributed by atoms with Gasteiger partial charge in [0.2, 0.25) is 5.91 Å². The maximum Gasteiger partial charge on any atom is 0.270 e. The van der Waals surface area contributed by atoms with E-state index >= 15 is 0 Å². The van der Waals surface area contributed by atoms with Crippen LogP contribution in [0.25, 0.3) is 0 Å². The van der Waals surface area contributed by atoms with Crippen molar-refractivity contribution < 1.29 is 14.3 Å². The second kappa shape index (κ2) is 9.43. The number of nitrogens with zero attached hydrogens (tertiary/aromatic N) is 2. The third-order valence-electron chi connectivity index (χ3n) is 4.91. The Morgan fingerprint density at radius 1 is 1.29 bits per heavy atom. The average molecular weight is 382 g/mol. The largest absolute Gasteiger partial charge is 0.373 e. The van der Waals surface area contributed by atoms with Crippen LogP contribution in [0.1, 0.15) is 39.8 Å². The molecule has 1 aromatic heterocycles. The number of aromatic nitrogens is 1. The summed E-state index contributed by atoms with van der Waals surface area (Å²) in [4.78, 5) is 30.1. The molecule has 2 aromatic rings. The van der Waals surface area contributed by atoms with Crippen LogP contribution in [0.4, 0.5) is 0 Å². The summed E-state index contributed by atoms with van der Waals surface area (Å²) in [6.45, 7) is 5.14. The first-order valence-electron chi connectivity index (χ1n) is 9.51. The Morgan fingerprint density at radius 3 is 2.71 bits per heavy atom. The molecule has 1 aliphatic rings. The van der Waals surface area contributed by atoms with Crippen molar-refractivity contribution in [1.29, 1.82) is 0 Å². The number of ether oxygens (including phenoxy) is 1. The summed E-state index contributed by atoms with van der Waals surface area (Å²) in [5.74, 6) is -0.855. The molecule has 0 saturated carbocycles. The van der Waals surface area contributed by atoms with Gasteiger partial charge in [-0.1, -0.05) is 37.3 Å². The van der Waals surface area contributed by atoms with Crippen molar-refractivity contribution in [3.63, 3.8) is 0 Å². The van der Waals surface area contributed by atoms with Gasteiger partial charge in [0.05, 0.1) is 24.3 Å². The summed E-state index contributed by atoms with van der Waals surface area (Å²) in [5.41, 5.74) is 6.99. The van der Waals surface area contributed by atoms with Crippen molar-refractivity contribution in [2.24, 2.45) is 5.73 Å². The summed E-state index contributed by atoms with van der Waals surface area (Å²) < 4.78 is 5.95. The van der Waals surface area contributed by atoms with Crippen LogP contribution in [0.5, 0.6) is 0 Å². The lowest BCUT2D eigenvalue weighted by molar-refractivity contribution is -0.0483. The monoisotopic (exact) mass is 382 g/mol. The number of morpholine rings is 1. The fraction of sp³-hybridized carbons (Fsp3) is 0.381. The van der Waals surface area contributed by atoms with E-state index in [4.69, 9.17) is 10.5 Å². The van der Waals surface area contributed by atoms with Gasteiger partial charge in [0.25, 0.3) is 5.91 Å². The number of nitrogens with one attached hydrogen (secondary N) is 1. The molecule has 1 fully saturated rings. The first-order valence-corrected chi connectivity index (χ1v) is 9.51. The van der Waals surface area contributed by atoms with Crippen LogP contribution in [-0.4, -0.2) is 53.5 Å². The molecule has 7 nitrogen and oxygen atoms in total. The van der Waals surface area contributed by atoms with E-state index in [9.17, 15) is 9.59 Å². The molecule has 2 amide bonds. The van der Waals surface area contributed by atoms with Gasteiger partial charge in [-0.25, -0.2) is 0 Å². The number of carbonyl (C=O) groups excluding carboxylic acids is 2. The maximum absolute atomic E-state index is 12.6. The molecular weight excluding hydrogens is 356 g/mol. The van der Waals surface area contributed by atoms with E-state index in [-0.39, 0.29) is 29.3 Å². The number of benzene rings is 1. The minimum absolute atomic E-state index is 0.0868. The van der Waals surface area contributed by atoms with Crippen LogP contribution in [0.3, 0.4) is 0 Å². The molecule has 3 rings (SSSR count). The Labute approximate surface area is 164 Å². The second-order valence-corrected chi connectivity index (χ2v) is 6.91. The third-order valence-corrected chi connectivity index (χ3v) is 4.91. The van der Waals surface area contributed by atoms with Gasteiger partial charge in [0.15, 0.2) is 0 Å². The maximum atomic E-state index is 12.6. The Balaban J connectivity index is 1.60. The van der Waals surface area contributed by atoms with E-state index in [2.05, 4.69) is 27.3 Å². The average Bonchev–Trinajstić information content (AvgIpc) is 2.73. The topological polar surface area (TPSA) is 97.5 Å². The molecule has 0 spiro atoms. The zero-order valence-electron chi connectivity index (χ0n) is 16.0. The predicted molar refractivity (Wildman–Crippen MR) is 106 cm³/mol. The van der Waals surface area contributed by atoms with E-state index in [0.29, 0.717) is 6.61 Å². The molecule has 148 valence electrons. The molecule has 28 heavy (non-hydrogen) atoms. The number of amides is 2. The summed E-state index contributed by atoms with van der Waals surface area (Å²) in [6, 6.07) is 13.2. The van der Waals surface area contributed by atoms with Crippen molar-refractivity contribution >= 4 is 11.8 Å². The zero-order valence-corrected chi connectivity index (χ0v) is 16.0. The van der Waals surface area contributed by atoms with Gasteiger partial charge < -0.3 is 15.8 Å². The van der Waals surface area contributed by atoms with Crippen molar-refractivity contribution in [3.05, 3.63) is 65.5 Å². The molecule has 3 N–H and O–H groups in total. The van der Waals surface area contributed by atoms with Gasteiger partial charge in [-0.05, 0) is 24.1 Å². The second-order valence-electron chi connectivity index (χ2n) is 6.91. The van der Waals surface area contributed by atoms with Gasteiger partial charge in [-0.3, -0.25) is 19.5 Å². The lowest BCUT2D eigenvalue weighted by Crippen LogP contribution is -2.53. The lowest BCUT2D eigenvalue weighted by atomic mass is 10.1. The van der Waals surface area contributed by atoms with Crippen LogP contribution < -0.4 is 11.1 Å². The van der Waals surface area contributed by atoms with E-state index in [1.54, 1.807) is 0 Å². The van der Waals surface area contributed by atoms with E-state index in [0.717, 1.165) is 26.1 Å². The van der Waals surface area contributed by atoms with E-state index in [1.165, 1.54) is 23.9 Å². The van der Waals surface area contributed by atoms with Gasteiger partial charge >= 0.3 is 0 Å². The number of carbonyl (C=O) groups is 2. The molecule has 1 aliphatic heterocycles. The number of nitrogens with two attached hydrogens (primary N) is 1. The molecule has 7 heteroatoms. The predicted octanol–water partition coefficient (Wildman–Crippen LogP) is 1.59. The first-order chi connectivity index (χ1) is 13.6. The minimum Gasteiger partial charge on any atom is -0.373 e. The summed E-state index contributed by atoms with van der Waals surface area (Å²) in [6.07, 6.45) is 1.97. The van der Waals surface area contributed by atoms with E-state index < -0.39 is 5.91 Å². The molecule has 1 aromatic carbocycles. The Morgan fingerprint density at radius 2 is 2.07 bits per heavy atom. The number of hydrogen-bond acceptors (Lipinski definition) is 5. The Hall–Kier alpha value is -2.77. The highest BCUT2D eigenvalue weighted by Crippen LogP contribution is 2.15. The van der Waals surface area contributed by atoms with Crippen molar-refractivity contribution in [2.75, 3.05) is 19.7 Å². The smallest absolute Gasteiger partial charge is 0.270 e. The quantitative estimate of drug-likeness (QED) is 0.758. The highest BCUT2D eigenvalue weighted by atomic mass is 16.5. The zero-order chi connectivity index (χ0) is 19.9. The highest BCUT2D eigenvalue weighted by Gasteiger charge is 2.28. The standard InChI is InChI=1S/C21H26N4O3/c1-2-17(24-21(27)18-9-8-16(12-23-18)20(22)26)19-14-25(10-11-28-19)13-15-6-4-3-5-7-15/h3-9,12,17,19H,2,10-11,13-14H2,1H3,(H2,22,26)(H,24,27). The fourth-order valence-corrected chi connectivity index (χ4v) is 3.33. The molecule has 2 atom stereocenters. The molecule has 2 unspecified atom stereocenters. The third kappa shape index (κ3) is 5.15. The van der Waals surface area contributed by atoms with Crippen LogP contribution in [0.15, 0.2) is 48.7 Å². The SMILES string of the molecule is CCC(NC(=O)c1ccc(C(N)=O)cn1)C1CN(Cc2ccccc2)CCO1. The van der Waals surface area contributed by atoms with Crippen molar-refractivity contribution in [1.82, 2.24) is 15.2 Å². The number of primary amides is 1. The molecule has 0 radical (unpaired) electrons. The van der Waals surface area contributed by atoms with Gasteiger partial charge in [0, 0.05) is 25.8 Å². The molecule has 2 heterocycles. The van der Waals surface area contributed by atoms with Crippen molar-refractivity contribution in [3.8, 4) is 0 Å². The molecular formula is C21H26N4O3. The van der Waals surface area contributed by atoms with Crippen LogP contribution in [0, 0.1) is 0 Å². The Kier molecular flexibility index (Phi) is 6.73.